The minimum Gasteiger partial charge on any atom is -0.486 e. The molecule has 0 saturated carbocycles. The highest BCUT2D eigenvalue weighted by molar-refractivity contribution is 6.03. The van der Waals surface area contributed by atoms with E-state index < -0.39 is 0 Å². The van der Waals surface area contributed by atoms with Gasteiger partial charge in [-0.05, 0) is 38.9 Å². The van der Waals surface area contributed by atoms with Gasteiger partial charge in [0.1, 0.15) is 0 Å². The van der Waals surface area contributed by atoms with E-state index in [1.165, 1.54) is 11.0 Å². The average Bonchev–Trinajstić information content (AvgIpc) is 2.90. The molecule has 3 rings (SSSR count). The molecule has 1 aromatic carbocycles. The van der Waals surface area contributed by atoms with Crippen LogP contribution in [0.3, 0.4) is 0 Å². The van der Waals surface area contributed by atoms with Crippen molar-refractivity contribution in [1.29, 1.82) is 0 Å². The van der Waals surface area contributed by atoms with Gasteiger partial charge >= 0.3 is 0 Å². The number of hydrogen-bond donors (Lipinski definition) is 0. The van der Waals surface area contributed by atoms with Crippen molar-refractivity contribution < 1.29 is 18.7 Å². The number of piperazine rings is 1. The third-order valence-corrected chi connectivity index (χ3v) is 5.34. The van der Waals surface area contributed by atoms with Crippen LogP contribution in [0.15, 0.2) is 18.2 Å². The second-order valence-electron chi connectivity index (χ2n) is 7.93. The Hall–Kier alpha value is -1.86. The minimum absolute atomic E-state index is 0. The molecular weight excluding hydrogens is 397 g/mol. The number of rotatable bonds is 7. The summed E-state index contributed by atoms with van der Waals surface area (Å²) in [4.78, 5) is 29.7. The van der Waals surface area contributed by atoms with Gasteiger partial charge in [0.05, 0.1) is 11.8 Å². The molecule has 1 unspecified atom stereocenters. The first kappa shape index (κ1) is 23.4. The van der Waals surface area contributed by atoms with E-state index in [-0.39, 0.29) is 42.1 Å². The quantitative estimate of drug-likeness (QED) is 0.626. The van der Waals surface area contributed by atoms with E-state index in [2.05, 4.69) is 9.80 Å². The van der Waals surface area contributed by atoms with E-state index in [1.807, 2.05) is 26.8 Å². The Morgan fingerprint density at radius 2 is 1.83 bits per heavy atom. The summed E-state index contributed by atoms with van der Waals surface area (Å²) in [6.07, 6.45) is 1.04. The molecule has 29 heavy (non-hydrogen) atoms. The molecule has 0 aliphatic carbocycles. The number of nitrogens with zero attached hydrogens (tertiary/aromatic N) is 3. The lowest BCUT2D eigenvalue weighted by atomic mass is 10.1. The maximum Gasteiger partial charge on any atom is 0.232 e. The van der Waals surface area contributed by atoms with Crippen LogP contribution in [0, 0.1) is 11.7 Å². The summed E-state index contributed by atoms with van der Waals surface area (Å²) < 4.78 is 19.9. The third kappa shape index (κ3) is 5.60. The van der Waals surface area contributed by atoms with Crippen LogP contribution in [0.25, 0.3) is 0 Å². The van der Waals surface area contributed by atoms with Crippen molar-refractivity contribution in [2.75, 3.05) is 44.2 Å². The molecular formula is C21H31ClFN3O3. The molecule has 1 aromatic rings. The fourth-order valence-electron chi connectivity index (χ4n) is 3.85. The lowest BCUT2D eigenvalue weighted by Gasteiger charge is -2.37. The molecule has 2 amide bonds. The summed E-state index contributed by atoms with van der Waals surface area (Å²) in [5.41, 5.74) is 0.801. The SMILES string of the molecule is CC(C)Oc1c(F)cccc1N1CCN(CCCN2C(=O)CC(C)C2=O)CC1.Cl. The highest BCUT2D eigenvalue weighted by Gasteiger charge is 2.35. The number of halogens is 2. The smallest absolute Gasteiger partial charge is 0.232 e. The van der Waals surface area contributed by atoms with Gasteiger partial charge in [-0.15, -0.1) is 12.4 Å². The molecule has 8 heteroatoms. The number of imide groups is 1. The predicted molar refractivity (Wildman–Crippen MR) is 113 cm³/mol. The first-order valence-corrected chi connectivity index (χ1v) is 10.1. The lowest BCUT2D eigenvalue weighted by molar-refractivity contribution is -0.139. The standard InChI is InChI=1S/C21H30FN3O3.ClH/c1-15(2)28-20-17(22)6-4-7-18(20)24-12-10-23(11-13-24)8-5-9-25-19(26)14-16(3)21(25)27;/h4,6-7,15-16H,5,8-14H2,1-3H3;1H. The normalized spacial score (nSPS) is 20.4. The second kappa shape index (κ2) is 10.3. The molecule has 0 radical (unpaired) electrons. The van der Waals surface area contributed by atoms with Gasteiger partial charge in [-0.25, -0.2) is 4.39 Å². The van der Waals surface area contributed by atoms with Gasteiger partial charge in [-0.3, -0.25) is 19.4 Å². The molecule has 0 aromatic heterocycles. The Bertz CT molecular complexity index is 723. The van der Waals surface area contributed by atoms with Crippen molar-refractivity contribution in [3.05, 3.63) is 24.0 Å². The molecule has 2 heterocycles. The molecule has 0 N–H and O–H groups in total. The lowest BCUT2D eigenvalue weighted by Crippen LogP contribution is -2.47. The molecule has 6 nitrogen and oxygen atoms in total. The van der Waals surface area contributed by atoms with Gasteiger partial charge in [-0.2, -0.15) is 0 Å². The summed E-state index contributed by atoms with van der Waals surface area (Å²) in [5.74, 6) is -0.275. The predicted octanol–water partition coefficient (Wildman–Crippen LogP) is 2.94. The first-order valence-electron chi connectivity index (χ1n) is 10.1. The van der Waals surface area contributed by atoms with Crippen molar-refractivity contribution in [2.45, 2.75) is 39.7 Å². The van der Waals surface area contributed by atoms with Gasteiger partial charge in [0, 0.05) is 45.1 Å². The summed E-state index contributed by atoms with van der Waals surface area (Å²) in [6.45, 7) is 10.2. The second-order valence-corrected chi connectivity index (χ2v) is 7.93. The van der Waals surface area contributed by atoms with Crippen molar-refractivity contribution in [3.63, 3.8) is 0 Å². The molecule has 1 atom stereocenters. The van der Waals surface area contributed by atoms with Crippen LogP contribution in [-0.4, -0.2) is 67.0 Å². The number of anilines is 1. The van der Waals surface area contributed by atoms with E-state index in [9.17, 15) is 14.0 Å². The molecule has 2 aliphatic heterocycles. The van der Waals surface area contributed by atoms with Crippen LogP contribution in [-0.2, 0) is 9.59 Å². The summed E-state index contributed by atoms with van der Waals surface area (Å²) >= 11 is 0. The Kier molecular flexibility index (Phi) is 8.28. The molecule has 2 aliphatic rings. The number of carbonyl (C=O) groups excluding carboxylic acids is 2. The maximum absolute atomic E-state index is 14.2. The van der Waals surface area contributed by atoms with Crippen LogP contribution in [0.2, 0.25) is 0 Å². The Morgan fingerprint density at radius 1 is 1.14 bits per heavy atom. The van der Waals surface area contributed by atoms with Crippen LogP contribution in [0.1, 0.15) is 33.6 Å². The molecule has 2 fully saturated rings. The van der Waals surface area contributed by atoms with E-state index in [4.69, 9.17) is 4.74 Å². The summed E-state index contributed by atoms with van der Waals surface area (Å²) in [5, 5.41) is 0. The average molecular weight is 428 g/mol. The number of hydrogen-bond acceptors (Lipinski definition) is 5. The van der Waals surface area contributed by atoms with E-state index >= 15 is 0 Å². The fraction of sp³-hybridized carbons (Fsp3) is 0.619. The minimum atomic E-state index is -0.331. The largest absolute Gasteiger partial charge is 0.486 e. The fourth-order valence-corrected chi connectivity index (χ4v) is 3.85. The highest BCUT2D eigenvalue weighted by Crippen LogP contribution is 2.32. The van der Waals surface area contributed by atoms with Gasteiger partial charge in [0.15, 0.2) is 11.6 Å². The van der Waals surface area contributed by atoms with Crippen LogP contribution < -0.4 is 9.64 Å². The monoisotopic (exact) mass is 427 g/mol. The van der Waals surface area contributed by atoms with Crippen LogP contribution in [0.5, 0.6) is 5.75 Å². The number of amides is 2. The molecule has 2 saturated heterocycles. The summed E-state index contributed by atoms with van der Waals surface area (Å²) in [7, 11) is 0. The zero-order valence-corrected chi connectivity index (χ0v) is 18.2. The van der Waals surface area contributed by atoms with Crippen LogP contribution in [0.4, 0.5) is 10.1 Å². The van der Waals surface area contributed by atoms with Crippen molar-refractivity contribution in [3.8, 4) is 5.75 Å². The van der Waals surface area contributed by atoms with E-state index in [0.29, 0.717) is 18.7 Å². The maximum atomic E-state index is 14.2. The van der Waals surface area contributed by atoms with Crippen molar-refractivity contribution in [2.24, 2.45) is 5.92 Å². The van der Waals surface area contributed by atoms with Gasteiger partial charge in [0.25, 0.3) is 0 Å². The Balaban J connectivity index is 0.00000300. The van der Waals surface area contributed by atoms with Gasteiger partial charge < -0.3 is 9.64 Å². The number of benzene rings is 1. The topological polar surface area (TPSA) is 53.1 Å². The summed E-state index contributed by atoms with van der Waals surface area (Å²) in [6, 6.07) is 5.05. The first-order chi connectivity index (χ1) is 13.4. The molecule has 0 bridgehead atoms. The number of carbonyl (C=O) groups is 2. The number of ether oxygens (including phenoxy) is 1. The van der Waals surface area contributed by atoms with E-state index in [1.54, 1.807) is 6.07 Å². The van der Waals surface area contributed by atoms with Crippen LogP contribution >= 0.6 is 12.4 Å². The Labute approximate surface area is 178 Å². The van der Waals surface area contributed by atoms with E-state index in [0.717, 1.165) is 44.8 Å². The van der Waals surface area contributed by atoms with Crippen molar-refractivity contribution >= 4 is 29.9 Å². The van der Waals surface area contributed by atoms with Crippen molar-refractivity contribution in [1.82, 2.24) is 9.80 Å². The molecule has 162 valence electrons. The highest BCUT2D eigenvalue weighted by atomic mass is 35.5. The number of likely N-dealkylation sites (tertiary alicyclic amines) is 1. The zero-order valence-electron chi connectivity index (χ0n) is 17.4. The van der Waals surface area contributed by atoms with Gasteiger partial charge in [-0.1, -0.05) is 13.0 Å². The Morgan fingerprint density at radius 3 is 2.41 bits per heavy atom. The third-order valence-electron chi connectivity index (χ3n) is 5.34. The molecule has 0 spiro atoms. The zero-order chi connectivity index (χ0) is 20.3. The van der Waals surface area contributed by atoms with Gasteiger partial charge in [0.2, 0.25) is 11.8 Å². The number of para-hydroxylation sites is 1.